The molecule has 4 heteroatoms. The van der Waals surface area contributed by atoms with Gasteiger partial charge in [-0.05, 0) is 42.7 Å². The Hall–Kier alpha value is -1.39. The van der Waals surface area contributed by atoms with Crippen molar-refractivity contribution < 1.29 is 14.6 Å². The Balaban J connectivity index is 2.25. The van der Waals surface area contributed by atoms with Crippen LogP contribution in [0.4, 0.5) is 0 Å². The molecule has 1 aromatic carbocycles. The Kier molecular flexibility index (Phi) is 7.33. The largest absolute Gasteiger partial charge is 0.490 e. The summed E-state index contributed by atoms with van der Waals surface area (Å²) in [5.74, 6) is 0.869. The molecule has 28 heavy (non-hydrogen) atoms. The molecule has 2 rings (SSSR count). The summed E-state index contributed by atoms with van der Waals surface area (Å²) in [6.45, 7) is 15.2. The summed E-state index contributed by atoms with van der Waals surface area (Å²) in [4.78, 5) is 12.1. The van der Waals surface area contributed by atoms with Crippen LogP contribution < -0.4 is 10.1 Å². The number of ether oxygens (including phenoxy) is 1. The van der Waals surface area contributed by atoms with Crippen molar-refractivity contribution in [2.45, 2.75) is 97.1 Å². The Morgan fingerprint density at radius 3 is 2.04 bits per heavy atom. The number of carbonyl (C=O) groups is 1. The van der Waals surface area contributed by atoms with Gasteiger partial charge in [0.1, 0.15) is 18.5 Å². The quantitative estimate of drug-likeness (QED) is 0.660. The highest BCUT2D eigenvalue weighted by molar-refractivity contribution is 5.95. The first-order valence-electron chi connectivity index (χ1n) is 10.6. The molecule has 1 unspecified atom stereocenters. The summed E-state index contributed by atoms with van der Waals surface area (Å²) in [7, 11) is 0. The van der Waals surface area contributed by atoms with Crippen molar-refractivity contribution in [1.29, 1.82) is 0 Å². The maximum atomic E-state index is 12.1. The van der Waals surface area contributed by atoms with E-state index < -0.39 is 6.10 Å². The second-order valence-electron chi connectivity index (χ2n) is 10.3. The molecule has 1 aromatic rings. The number of aliphatic hydroxyl groups is 1. The first kappa shape index (κ1) is 22.9. The van der Waals surface area contributed by atoms with E-state index in [2.05, 4.69) is 46.9 Å². The van der Waals surface area contributed by atoms with Crippen LogP contribution in [0.5, 0.6) is 5.75 Å². The molecule has 0 saturated heterocycles. The fraction of sp³-hybridized carbons (Fsp3) is 0.708. The summed E-state index contributed by atoms with van der Waals surface area (Å²) in [5, 5.41) is 13.9. The molecule has 0 aromatic heterocycles. The van der Waals surface area contributed by atoms with Crippen LogP contribution in [0.25, 0.3) is 0 Å². The van der Waals surface area contributed by atoms with E-state index in [1.165, 1.54) is 25.7 Å². The lowest BCUT2D eigenvalue weighted by Crippen LogP contribution is -2.37. The molecule has 1 aliphatic rings. The highest BCUT2D eigenvalue weighted by Crippen LogP contribution is 2.41. The number of ketones is 1. The van der Waals surface area contributed by atoms with Crippen molar-refractivity contribution in [3.05, 3.63) is 28.8 Å². The number of benzene rings is 1. The lowest BCUT2D eigenvalue weighted by atomic mass is 9.78. The molecule has 1 saturated carbocycles. The summed E-state index contributed by atoms with van der Waals surface area (Å²) in [6.07, 6.45) is 4.38. The van der Waals surface area contributed by atoms with E-state index in [1.807, 2.05) is 12.1 Å². The van der Waals surface area contributed by atoms with E-state index in [0.717, 1.165) is 16.9 Å². The molecule has 0 amide bonds. The number of carbonyl (C=O) groups excluding carboxylic acids is 1. The van der Waals surface area contributed by atoms with Gasteiger partial charge in [0.15, 0.2) is 5.78 Å². The maximum absolute atomic E-state index is 12.1. The van der Waals surface area contributed by atoms with E-state index in [0.29, 0.717) is 18.2 Å². The van der Waals surface area contributed by atoms with Crippen LogP contribution >= 0.6 is 0 Å². The molecule has 1 atom stereocenters. The van der Waals surface area contributed by atoms with Crippen LogP contribution in [-0.4, -0.2) is 36.2 Å². The van der Waals surface area contributed by atoms with Gasteiger partial charge >= 0.3 is 0 Å². The minimum Gasteiger partial charge on any atom is -0.490 e. The van der Waals surface area contributed by atoms with E-state index in [9.17, 15) is 9.90 Å². The first-order valence-corrected chi connectivity index (χ1v) is 10.6. The monoisotopic (exact) mass is 389 g/mol. The summed E-state index contributed by atoms with van der Waals surface area (Å²) in [6, 6.07) is 4.44. The smallest absolute Gasteiger partial charge is 0.159 e. The van der Waals surface area contributed by atoms with Gasteiger partial charge in [-0.1, -0.05) is 54.4 Å². The third-order valence-electron chi connectivity index (χ3n) is 5.53. The molecular weight excluding hydrogens is 350 g/mol. The molecule has 158 valence electrons. The van der Waals surface area contributed by atoms with Crippen molar-refractivity contribution in [3.63, 3.8) is 0 Å². The summed E-state index contributed by atoms with van der Waals surface area (Å²) < 4.78 is 6.23. The predicted octanol–water partition coefficient (Wildman–Crippen LogP) is 4.76. The van der Waals surface area contributed by atoms with Gasteiger partial charge in [0.25, 0.3) is 0 Å². The molecule has 1 fully saturated rings. The fourth-order valence-corrected chi connectivity index (χ4v) is 3.77. The Bertz CT molecular complexity index is 641. The second-order valence-corrected chi connectivity index (χ2v) is 10.3. The minimum atomic E-state index is -0.561. The summed E-state index contributed by atoms with van der Waals surface area (Å²) in [5.41, 5.74) is 2.40. The van der Waals surface area contributed by atoms with Crippen molar-refractivity contribution in [2.24, 2.45) is 0 Å². The van der Waals surface area contributed by atoms with Crippen LogP contribution in [0.1, 0.15) is 95.6 Å². The molecule has 1 aliphatic carbocycles. The van der Waals surface area contributed by atoms with Gasteiger partial charge in [-0.15, -0.1) is 0 Å². The van der Waals surface area contributed by atoms with Crippen LogP contribution in [0.2, 0.25) is 0 Å². The van der Waals surface area contributed by atoms with Crippen molar-refractivity contribution in [3.8, 4) is 5.75 Å². The van der Waals surface area contributed by atoms with Gasteiger partial charge in [0.2, 0.25) is 0 Å². The molecule has 2 N–H and O–H groups in total. The summed E-state index contributed by atoms with van der Waals surface area (Å²) >= 11 is 0. The third-order valence-corrected chi connectivity index (χ3v) is 5.53. The average molecular weight is 390 g/mol. The number of hydrogen-bond acceptors (Lipinski definition) is 4. The van der Waals surface area contributed by atoms with E-state index in [1.54, 1.807) is 6.92 Å². The molecule has 4 nitrogen and oxygen atoms in total. The number of Topliss-reactive ketones (excluding diaryl/α,β-unsaturated/α-hetero) is 1. The Morgan fingerprint density at radius 1 is 1.11 bits per heavy atom. The SMILES string of the molecule is CC(=O)c1cc(C(C)(C)C)c(OCC(O)CNC2CCCC2)c(C(C)(C)C)c1. The Morgan fingerprint density at radius 2 is 1.61 bits per heavy atom. The van der Waals surface area contributed by atoms with Crippen LogP contribution in [0, 0.1) is 0 Å². The number of rotatable bonds is 7. The fourth-order valence-electron chi connectivity index (χ4n) is 3.77. The van der Waals surface area contributed by atoms with Crippen LogP contribution in [0.3, 0.4) is 0 Å². The van der Waals surface area contributed by atoms with Gasteiger partial charge in [-0.25, -0.2) is 0 Å². The molecule has 0 heterocycles. The zero-order chi connectivity index (χ0) is 21.1. The molecule has 0 radical (unpaired) electrons. The highest BCUT2D eigenvalue weighted by Gasteiger charge is 2.29. The first-order chi connectivity index (χ1) is 12.9. The van der Waals surface area contributed by atoms with E-state index >= 15 is 0 Å². The normalized spacial score (nSPS) is 17.0. The van der Waals surface area contributed by atoms with Gasteiger partial charge < -0.3 is 15.2 Å². The minimum absolute atomic E-state index is 0.0587. The average Bonchev–Trinajstić information content (AvgIpc) is 3.09. The van der Waals surface area contributed by atoms with Crippen molar-refractivity contribution in [1.82, 2.24) is 5.32 Å². The van der Waals surface area contributed by atoms with Crippen LogP contribution in [0.15, 0.2) is 12.1 Å². The number of nitrogens with one attached hydrogen (secondary N) is 1. The topological polar surface area (TPSA) is 58.6 Å². The second kappa shape index (κ2) is 8.96. The molecular formula is C24H39NO3. The third kappa shape index (κ3) is 6.05. The van der Waals surface area contributed by atoms with Crippen molar-refractivity contribution in [2.75, 3.05) is 13.2 Å². The predicted molar refractivity (Wildman–Crippen MR) is 116 cm³/mol. The molecule has 0 spiro atoms. The standard InChI is InChI=1S/C24H39NO3/c1-16(26)17-12-20(23(2,3)4)22(21(13-17)24(5,6)7)28-15-19(27)14-25-18-10-8-9-11-18/h12-13,18-19,25,27H,8-11,14-15H2,1-7H3. The molecule has 0 bridgehead atoms. The zero-order valence-electron chi connectivity index (χ0n) is 18.8. The van der Waals surface area contributed by atoms with Gasteiger partial charge in [0.05, 0.1) is 0 Å². The van der Waals surface area contributed by atoms with Gasteiger partial charge in [0, 0.05) is 29.3 Å². The van der Waals surface area contributed by atoms with Crippen molar-refractivity contribution >= 4 is 5.78 Å². The maximum Gasteiger partial charge on any atom is 0.159 e. The zero-order valence-corrected chi connectivity index (χ0v) is 18.8. The number of aliphatic hydroxyl groups excluding tert-OH is 1. The molecule has 0 aliphatic heterocycles. The lowest BCUT2D eigenvalue weighted by Gasteiger charge is -2.31. The van der Waals surface area contributed by atoms with Crippen LogP contribution in [-0.2, 0) is 10.8 Å². The lowest BCUT2D eigenvalue weighted by molar-refractivity contribution is 0.100. The Labute approximate surface area is 171 Å². The van der Waals surface area contributed by atoms with Gasteiger partial charge in [-0.2, -0.15) is 0 Å². The number of hydrogen-bond donors (Lipinski definition) is 2. The van der Waals surface area contributed by atoms with E-state index in [4.69, 9.17) is 4.74 Å². The van der Waals surface area contributed by atoms with Gasteiger partial charge in [-0.3, -0.25) is 4.79 Å². The highest BCUT2D eigenvalue weighted by atomic mass is 16.5. The van der Waals surface area contributed by atoms with E-state index in [-0.39, 0.29) is 23.2 Å².